The number of carbonyl (C=O) groups is 1. The Morgan fingerprint density at radius 1 is 1.31 bits per heavy atom. The van der Waals surface area contributed by atoms with Gasteiger partial charge < -0.3 is 9.64 Å². The van der Waals surface area contributed by atoms with Crippen LogP contribution in [0.25, 0.3) is 0 Å². The van der Waals surface area contributed by atoms with Crippen molar-refractivity contribution in [3.05, 3.63) is 29.8 Å². The summed E-state index contributed by atoms with van der Waals surface area (Å²) >= 11 is 0. The van der Waals surface area contributed by atoms with Gasteiger partial charge in [0.05, 0.1) is 17.9 Å². The first-order valence-corrected chi connectivity index (χ1v) is 9.87. The van der Waals surface area contributed by atoms with E-state index in [1.54, 1.807) is 6.92 Å². The van der Waals surface area contributed by atoms with E-state index in [4.69, 9.17) is 4.74 Å². The molecule has 0 amide bonds. The smallest absolute Gasteiger partial charge is 0.416 e. The fourth-order valence-electron chi connectivity index (χ4n) is 5.01. The van der Waals surface area contributed by atoms with Crippen molar-refractivity contribution >= 4 is 17.5 Å². The topological polar surface area (TPSA) is 53.9 Å². The molecule has 1 heterocycles. The van der Waals surface area contributed by atoms with Crippen molar-refractivity contribution in [3.63, 3.8) is 0 Å². The zero-order valence-corrected chi connectivity index (χ0v) is 17.3. The average Bonchev–Trinajstić information content (AvgIpc) is 2.83. The van der Waals surface area contributed by atoms with E-state index in [1.165, 1.54) is 12.1 Å². The molecule has 1 aromatic rings. The third-order valence-electron chi connectivity index (χ3n) is 5.63. The number of anilines is 1. The molecule has 29 heavy (non-hydrogen) atoms. The van der Waals surface area contributed by atoms with Crippen LogP contribution in [0.4, 0.5) is 18.9 Å². The van der Waals surface area contributed by atoms with E-state index in [0.29, 0.717) is 6.54 Å². The Kier molecular flexibility index (Phi) is 5.58. The Morgan fingerprint density at radius 2 is 2.03 bits per heavy atom. The van der Waals surface area contributed by atoms with E-state index in [-0.39, 0.29) is 35.0 Å². The molecule has 1 saturated heterocycles. The molecule has 1 aliphatic heterocycles. The van der Waals surface area contributed by atoms with E-state index in [9.17, 15) is 18.0 Å². The number of rotatable bonds is 3. The highest BCUT2D eigenvalue weighted by atomic mass is 19.4. The second kappa shape index (κ2) is 7.54. The van der Waals surface area contributed by atoms with E-state index >= 15 is 0 Å². The van der Waals surface area contributed by atoms with Gasteiger partial charge in [-0.25, -0.2) is 4.79 Å². The number of alkyl halides is 3. The van der Waals surface area contributed by atoms with Gasteiger partial charge in [0, 0.05) is 12.6 Å². The summed E-state index contributed by atoms with van der Waals surface area (Å²) in [6, 6.07) is 4.90. The SMILES string of the molecule is CCOC(=O)/C(=N\Nc1cccc(C(F)(F)F)c1)N1C[C@]2(C)C[C@@H]1CC(C)(C)C2. The number of likely N-dealkylation sites (tertiary alicyclic amines) is 1. The van der Waals surface area contributed by atoms with Crippen molar-refractivity contribution in [1.29, 1.82) is 0 Å². The number of carbonyl (C=O) groups excluding carboxylic acids is 1. The van der Waals surface area contributed by atoms with Crippen LogP contribution in [0.15, 0.2) is 29.4 Å². The van der Waals surface area contributed by atoms with E-state index in [0.717, 1.165) is 31.4 Å². The summed E-state index contributed by atoms with van der Waals surface area (Å²) in [5.41, 5.74) is 2.24. The third-order valence-corrected chi connectivity index (χ3v) is 5.63. The lowest BCUT2D eigenvalue weighted by Crippen LogP contribution is -2.42. The number of nitrogens with one attached hydrogen (secondary N) is 1. The Balaban J connectivity index is 1.88. The lowest BCUT2D eigenvalue weighted by Gasteiger charge is -2.39. The highest BCUT2D eigenvalue weighted by Gasteiger charge is 2.51. The number of nitrogens with zero attached hydrogens (tertiary/aromatic N) is 2. The third kappa shape index (κ3) is 4.85. The van der Waals surface area contributed by atoms with Crippen molar-refractivity contribution in [2.45, 2.75) is 59.2 Å². The maximum absolute atomic E-state index is 13.0. The van der Waals surface area contributed by atoms with Gasteiger partial charge in [0.2, 0.25) is 5.84 Å². The number of amidine groups is 1. The molecule has 2 fully saturated rings. The second-order valence-electron chi connectivity index (χ2n) is 9.19. The molecule has 5 nitrogen and oxygen atoms in total. The number of benzene rings is 1. The molecule has 0 spiro atoms. The molecule has 2 bridgehead atoms. The summed E-state index contributed by atoms with van der Waals surface area (Å²) < 4.78 is 44.1. The number of hydrogen-bond acceptors (Lipinski definition) is 4. The quantitative estimate of drug-likeness (QED) is 0.333. The van der Waals surface area contributed by atoms with Gasteiger partial charge in [-0.3, -0.25) is 5.43 Å². The monoisotopic (exact) mass is 411 g/mol. The van der Waals surface area contributed by atoms with E-state index in [2.05, 4.69) is 31.3 Å². The maximum atomic E-state index is 13.0. The van der Waals surface area contributed by atoms with Crippen LogP contribution in [0, 0.1) is 10.8 Å². The molecule has 2 atom stereocenters. The molecular weight excluding hydrogens is 383 g/mol. The van der Waals surface area contributed by atoms with Crippen molar-refractivity contribution in [3.8, 4) is 0 Å². The Hall–Kier alpha value is -2.25. The van der Waals surface area contributed by atoms with Crippen LogP contribution in [-0.2, 0) is 15.7 Å². The molecule has 1 aromatic carbocycles. The fourth-order valence-corrected chi connectivity index (χ4v) is 5.01. The first-order valence-electron chi connectivity index (χ1n) is 9.87. The minimum Gasteiger partial charge on any atom is -0.460 e. The summed E-state index contributed by atoms with van der Waals surface area (Å²) in [5.74, 6) is -0.448. The van der Waals surface area contributed by atoms with Crippen LogP contribution < -0.4 is 5.43 Å². The molecule has 1 saturated carbocycles. The van der Waals surface area contributed by atoms with Gasteiger partial charge in [-0.05, 0) is 55.2 Å². The van der Waals surface area contributed by atoms with Gasteiger partial charge in [0.1, 0.15) is 0 Å². The van der Waals surface area contributed by atoms with Crippen LogP contribution in [-0.4, -0.2) is 35.9 Å². The van der Waals surface area contributed by atoms with Crippen LogP contribution in [0.3, 0.4) is 0 Å². The molecule has 1 N–H and O–H groups in total. The molecule has 0 unspecified atom stereocenters. The molecule has 160 valence electrons. The van der Waals surface area contributed by atoms with Gasteiger partial charge in [0.25, 0.3) is 0 Å². The van der Waals surface area contributed by atoms with Crippen LogP contribution in [0.1, 0.15) is 52.5 Å². The maximum Gasteiger partial charge on any atom is 0.416 e. The van der Waals surface area contributed by atoms with Crippen LogP contribution in [0.2, 0.25) is 0 Å². The number of fused-ring (bicyclic) bond motifs is 2. The van der Waals surface area contributed by atoms with Crippen molar-refractivity contribution in [2.75, 3.05) is 18.6 Å². The van der Waals surface area contributed by atoms with E-state index < -0.39 is 17.7 Å². The molecule has 1 aliphatic carbocycles. The first-order chi connectivity index (χ1) is 13.4. The Bertz CT molecular complexity index is 807. The van der Waals surface area contributed by atoms with Crippen LogP contribution in [0.5, 0.6) is 0 Å². The number of esters is 1. The number of halogens is 3. The van der Waals surface area contributed by atoms with E-state index in [1.807, 2.05) is 4.90 Å². The number of hydrazone groups is 1. The lowest BCUT2D eigenvalue weighted by atomic mass is 9.65. The summed E-state index contributed by atoms with van der Waals surface area (Å²) in [5, 5.41) is 4.21. The minimum atomic E-state index is -4.45. The average molecular weight is 411 g/mol. The predicted molar refractivity (Wildman–Crippen MR) is 105 cm³/mol. The largest absolute Gasteiger partial charge is 0.460 e. The summed E-state index contributed by atoms with van der Waals surface area (Å²) in [4.78, 5) is 14.6. The number of ether oxygens (including phenoxy) is 1. The molecule has 8 heteroatoms. The standard InChI is InChI=1S/C21H28F3N3O2/c1-5-29-18(28)17(26-25-15-8-6-7-14(9-15)21(22,23)24)27-13-20(4)11-16(27)10-19(2,3)12-20/h6-9,16,25H,5,10-13H2,1-4H3/b26-17+/t16-,20+/m0/s1. The van der Waals surface area contributed by atoms with Crippen molar-refractivity contribution in [2.24, 2.45) is 15.9 Å². The van der Waals surface area contributed by atoms with Gasteiger partial charge in [0.15, 0.2) is 0 Å². The van der Waals surface area contributed by atoms with Gasteiger partial charge >= 0.3 is 12.1 Å². The van der Waals surface area contributed by atoms with Crippen molar-refractivity contribution in [1.82, 2.24) is 4.90 Å². The fraction of sp³-hybridized carbons (Fsp3) is 0.619. The van der Waals surface area contributed by atoms with Crippen molar-refractivity contribution < 1.29 is 22.7 Å². The normalized spacial score (nSPS) is 26.4. The highest BCUT2D eigenvalue weighted by molar-refractivity contribution is 6.35. The van der Waals surface area contributed by atoms with Crippen LogP contribution >= 0.6 is 0 Å². The van der Waals surface area contributed by atoms with Gasteiger partial charge in [-0.1, -0.05) is 26.8 Å². The van der Waals surface area contributed by atoms with Gasteiger partial charge in [-0.15, -0.1) is 5.10 Å². The summed E-state index contributed by atoms with van der Waals surface area (Å²) in [7, 11) is 0. The molecule has 0 aromatic heterocycles. The molecule has 3 rings (SSSR count). The molecule has 2 aliphatic rings. The summed E-state index contributed by atoms with van der Waals surface area (Å²) in [6.07, 6.45) is -1.52. The lowest BCUT2D eigenvalue weighted by molar-refractivity contribution is -0.138. The summed E-state index contributed by atoms with van der Waals surface area (Å²) in [6.45, 7) is 9.24. The minimum absolute atomic E-state index is 0.0654. The second-order valence-corrected chi connectivity index (χ2v) is 9.19. The zero-order valence-electron chi connectivity index (χ0n) is 17.3. The highest BCUT2D eigenvalue weighted by Crippen LogP contribution is 2.52. The zero-order chi connectivity index (χ0) is 21.4. The first kappa shape index (κ1) is 21.5. The predicted octanol–water partition coefficient (Wildman–Crippen LogP) is 4.89. The Morgan fingerprint density at radius 3 is 2.69 bits per heavy atom. The molecular formula is C21H28F3N3O2. The van der Waals surface area contributed by atoms with Gasteiger partial charge in [-0.2, -0.15) is 13.2 Å². The Labute approximate surface area is 169 Å². The molecule has 0 radical (unpaired) electrons. The number of hydrogen-bond donors (Lipinski definition) is 1.